The van der Waals surface area contributed by atoms with Gasteiger partial charge in [-0.05, 0) is 20.3 Å². The molecule has 1 fully saturated rings. The summed E-state index contributed by atoms with van der Waals surface area (Å²) < 4.78 is 16.2. The van der Waals surface area contributed by atoms with Crippen LogP contribution in [0, 0.1) is 0 Å². The van der Waals surface area contributed by atoms with Gasteiger partial charge in [-0.15, -0.1) is 0 Å². The Morgan fingerprint density at radius 2 is 2.00 bits per heavy atom. The highest BCUT2D eigenvalue weighted by molar-refractivity contribution is 7.84. The maximum Gasteiger partial charge on any atom is 0.239 e. The van der Waals surface area contributed by atoms with Crippen LogP contribution < -0.4 is 5.32 Å². The number of rotatable bonds is 6. The Morgan fingerprint density at radius 3 is 2.56 bits per heavy atom. The van der Waals surface area contributed by atoms with Gasteiger partial charge in [-0.2, -0.15) is 0 Å². The highest BCUT2D eigenvalue weighted by atomic mass is 32.2. The Kier molecular flexibility index (Phi) is 6.81. The van der Waals surface area contributed by atoms with Crippen molar-refractivity contribution in [3.8, 4) is 0 Å². The Balaban J connectivity index is 2.31. The fourth-order valence-electron chi connectivity index (χ4n) is 1.98. The van der Waals surface area contributed by atoms with Crippen molar-refractivity contribution in [3.05, 3.63) is 0 Å². The number of amides is 1. The summed E-state index contributed by atoms with van der Waals surface area (Å²) in [6.45, 7) is 6.52. The normalized spacial score (nSPS) is 21.4. The van der Waals surface area contributed by atoms with E-state index in [1.165, 1.54) is 0 Å². The Hall–Kier alpha value is -0.460. The fourth-order valence-corrected chi connectivity index (χ4v) is 2.67. The van der Waals surface area contributed by atoms with E-state index in [4.69, 9.17) is 4.74 Å². The first-order chi connectivity index (χ1) is 8.50. The van der Waals surface area contributed by atoms with Gasteiger partial charge < -0.3 is 15.0 Å². The minimum atomic E-state index is -0.768. The van der Waals surface area contributed by atoms with Crippen LogP contribution in [0.2, 0.25) is 0 Å². The molecule has 1 saturated heterocycles. The van der Waals surface area contributed by atoms with E-state index in [1.54, 1.807) is 6.26 Å². The number of nitrogens with zero attached hydrogens (tertiary/aromatic N) is 1. The van der Waals surface area contributed by atoms with Gasteiger partial charge in [-0.1, -0.05) is 0 Å². The van der Waals surface area contributed by atoms with Crippen LogP contribution in [0.3, 0.4) is 0 Å². The third-order valence-corrected chi connectivity index (χ3v) is 3.88. The van der Waals surface area contributed by atoms with Crippen molar-refractivity contribution in [1.29, 1.82) is 0 Å². The van der Waals surface area contributed by atoms with E-state index in [0.717, 1.165) is 6.42 Å². The fraction of sp³-hybridized carbons (Fsp3) is 0.917. The van der Waals surface area contributed by atoms with Crippen LogP contribution in [0.25, 0.3) is 0 Å². The molecule has 0 aromatic carbocycles. The molecule has 3 atom stereocenters. The second kappa shape index (κ2) is 7.86. The van der Waals surface area contributed by atoms with E-state index < -0.39 is 10.8 Å². The van der Waals surface area contributed by atoms with Crippen molar-refractivity contribution in [3.63, 3.8) is 0 Å². The summed E-state index contributed by atoms with van der Waals surface area (Å²) >= 11 is 0. The van der Waals surface area contributed by atoms with Crippen LogP contribution in [-0.4, -0.2) is 65.4 Å². The maximum atomic E-state index is 12.1. The Bertz CT molecular complexity index is 293. The third-order valence-electron chi connectivity index (χ3n) is 3.07. The summed E-state index contributed by atoms with van der Waals surface area (Å²) in [4.78, 5) is 14.0. The second-order valence-corrected chi connectivity index (χ2v) is 6.35. The van der Waals surface area contributed by atoms with Crippen molar-refractivity contribution in [1.82, 2.24) is 10.2 Å². The van der Waals surface area contributed by atoms with Gasteiger partial charge in [0.25, 0.3) is 0 Å². The third kappa shape index (κ3) is 5.46. The van der Waals surface area contributed by atoms with Gasteiger partial charge in [0.05, 0.1) is 19.3 Å². The van der Waals surface area contributed by atoms with Gasteiger partial charge in [-0.3, -0.25) is 9.00 Å². The van der Waals surface area contributed by atoms with Gasteiger partial charge in [0.1, 0.15) is 0 Å². The number of nitrogens with one attached hydrogen (secondary N) is 1. The number of hydrogen-bond acceptors (Lipinski definition) is 4. The van der Waals surface area contributed by atoms with E-state index in [2.05, 4.69) is 5.32 Å². The van der Waals surface area contributed by atoms with E-state index in [1.807, 2.05) is 18.7 Å². The van der Waals surface area contributed by atoms with Crippen molar-refractivity contribution in [2.75, 3.05) is 38.3 Å². The summed E-state index contributed by atoms with van der Waals surface area (Å²) in [7, 11) is -0.768. The highest BCUT2D eigenvalue weighted by Crippen LogP contribution is 2.02. The summed E-state index contributed by atoms with van der Waals surface area (Å²) in [5.74, 6) is 0.801. The van der Waals surface area contributed by atoms with Gasteiger partial charge in [0, 0.05) is 41.9 Å². The molecular weight excluding hydrogens is 252 g/mol. The van der Waals surface area contributed by atoms with E-state index in [-0.39, 0.29) is 18.0 Å². The van der Waals surface area contributed by atoms with Crippen LogP contribution in [0.15, 0.2) is 0 Å². The summed E-state index contributed by atoms with van der Waals surface area (Å²) in [6.07, 6.45) is 2.53. The molecule has 0 aromatic rings. The predicted molar refractivity (Wildman–Crippen MR) is 73.0 cm³/mol. The Labute approximate surface area is 112 Å². The number of morpholine rings is 1. The van der Waals surface area contributed by atoms with Gasteiger partial charge in [0.2, 0.25) is 5.91 Å². The maximum absolute atomic E-state index is 12.1. The average molecular weight is 276 g/mol. The average Bonchev–Trinajstić information content (AvgIpc) is 2.36. The van der Waals surface area contributed by atoms with Gasteiger partial charge in [0.15, 0.2) is 0 Å². The molecule has 0 spiro atoms. The van der Waals surface area contributed by atoms with Crippen LogP contribution in [0.1, 0.15) is 20.3 Å². The lowest BCUT2D eigenvalue weighted by molar-refractivity contribution is -0.137. The van der Waals surface area contributed by atoms with E-state index >= 15 is 0 Å². The van der Waals surface area contributed by atoms with E-state index in [0.29, 0.717) is 32.1 Å². The number of hydrogen-bond donors (Lipinski definition) is 1. The van der Waals surface area contributed by atoms with Crippen molar-refractivity contribution >= 4 is 16.7 Å². The molecule has 1 rings (SSSR count). The van der Waals surface area contributed by atoms with Crippen LogP contribution in [-0.2, 0) is 20.3 Å². The monoisotopic (exact) mass is 276 g/mol. The molecular formula is C12H24N2O3S. The standard InChI is InChI=1S/C12H24N2O3S/c1-10(4-9-18(3)16)13-11(2)12(15)14-5-7-17-8-6-14/h10-11,13H,4-9H2,1-3H3. The molecule has 0 saturated carbocycles. The van der Waals surface area contributed by atoms with Crippen LogP contribution in [0.4, 0.5) is 0 Å². The van der Waals surface area contributed by atoms with Crippen molar-refractivity contribution < 1.29 is 13.7 Å². The summed E-state index contributed by atoms with van der Waals surface area (Å²) in [6, 6.07) is 0.0114. The lowest BCUT2D eigenvalue weighted by Gasteiger charge is -2.30. The number of ether oxygens (including phenoxy) is 1. The molecule has 0 aliphatic carbocycles. The number of carbonyl (C=O) groups excluding carboxylic acids is 1. The second-order valence-electron chi connectivity index (χ2n) is 4.79. The van der Waals surface area contributed by atoms with Crippen molar-refractivity contribution in [2.24, 2.45) is 0 Å². The number of carbonyl (C=O) groups is 1. The van der Waals surface area contributed by atoms with E-state index in [9.17, 15) is 9.00 Å². The Morgan fingerprint density at radius 1 is 1.39 bits per heavy atom. The summed E-state index contributed by atoms with van der Waals surface area (Å²) in [5, 5.41) is 3.27. The molecule has 1 N–H and O–H groups in total. The zero-order chi connectivity index (χ0) is 13.5. The molecule has 5 nitrogen and oxygen atoms in total. The smallest absolute Gasteiger partial charge is 0.239 e. The minimum absolute atomic E-state index is 0.128. The molecule has 0 aromatic heterocycles. The predicted octanol–water partition coefficient (Wildman–Crippen LogP) is -0.0196. The highest BCUT2D eigenvalue weighted by Gasteiger charge is 2.23. The molecule has 1 aliphatic heterocycles. The molecule has 1 aliphatic rings. The first-order valence-electron chi connectivity index (χ1n) is 6.43. The van der Waals surface area contributed by atoms with Crippen LogP contribution >= 0.6 is 0 Å². The zero-order valence-corrected chi connectivity index (χ0v) is 12.3. The molecule has 0 radical (unpaired) electrons. The lowest BCUT2D eigenvalue weighted by Crippen LogP contribution is -2.51. The van der Waals surface area contributed by atoms with Crippen molar-refractivity contribution in [2.45, 2.75) is 32.4 Å². The minimum Gasteiger partial charge on any atom is -0.378 e. The summed E-state index contributed by atoms with van der Waals surface area (Å²) in [5.41, 5.74) is 0. The largest absolute Gasteiger partial charge is 0.378 e. The quantitative estimate of drug-likeness (QED) is 0.741. The molecule has 1 heterocycles. The molecule has 18 heavy (non-hydrogen) atoms. The topological polar surface area (TPSA) is 58.6 Å². The first kappa shape index (κ1) is 15.6. The first-order valence-corrected chi connectivity index (χ1v) is 8.16. The molecule has 106 valence electrons. The van der Waals surface area contributed by atoms with Gasteiger partial charge in [-0.25, -0.2) is 0 Å². The zero-order valence-electron chi connectivity index (χ0n) is 11.5. The lowest BCUT2D eigenvalue weighted by atomic mass is 10.2. The van der Waals surface area contributed by atoms with Crippen LogP contribution in [0.5, 0.6) is 0 Å². The SMILES string of the molecule is CC(CCS(C)=O)NC(C)C(=O)N1CCOCC1. The molecule has 3 unspecified atom stereocenters. The molecule has 6 heteroatoms. The molecule has 1 amide bonds. The molecule has 0 bridgehead atoms. The van der Waals surface area contributed by atoms with Gasteiger partial charge >= 0.3 is 0 Å².